The minimum Gasteiger partial charge on any atom is -0.461 e. The van der Waals surface area contributed by atoms with Crippen molar-refractivity contribution in [1.29, 1.82) is 0 Å². The molecule has 1 aliphatic heterocycles. The molecular formula is C18H21NO5S. The molecule has 1 amide bonds. The number of amides is 1. The Morgan fingerprint density at radius 2 is 1.80 bits per heavy atom. The van der Waals surface area contributed by atoms with Crippen LogP contribution >= 0.6 is 11.8 Å². The zero-order valence-electron chi connectivity index (χ0n) is 14.2. The van der Waals surface area contributed by atoms with Crippen molar-refractivity contribution >= 4 is 29.6 Å². The first kappa shape index (κ1) is 17.8. The molecule has 1 N–H and O–H groups in total. The van der Waals surface area contributed by atoms with E-state index in [-0.39, 0.29) is 23.2 Å². The predicted molar refractivity (Wildman–Crippen MR) is 93.2 cm³/mol. The molecule has 1 aromatic rings. The number of hydrogen-bond donors (Lipinski definition) is 1. The van der Waals surface area contributed by atoms with Crippen molar-refractivity contribution in [3.05, 3.63) is 35.9 Å². The summed E-state index contributed by atoms with van der Waals surface area (Å²) in [5.41, 5.74) is -0.0705. The van der Waals surface area contributed by atoms with Crippen LogP contribution in [0.2, 0.25) is 0 Å². The number of rotatable bonds is 4. The SMILES string of the molecule is CC(=O)OC1CCC2(NC(=O)c3ccccc3)CSC1C2OC(C)=O. The number of hydrogen-bond acceptors (Lipinski definition) is 6. The molecule has 2 bridgehead atoms. The van der Waals surface area contributed by atoms with Crippen molar-refractivity contribution in [3.8, 4) is 0 Å². The summed E-state index contributed by atoms with van der Waals surface area (Å²) in [5, 5.41) is 2.92. The highest BCUT2D eigenvalue weighted by Crippen LogP contribution is 2.47. The van der Waals surface area contributed by atoms with E-state index in [0.717, 1.165) is 0 Å². The van der Waals surface area contributed by atoms with Crippen LogP contribution in [-0.4, -0.2) is 46.6 Å². The van der Waals surface area contributed by atoms with Gasteiger partial charge in [-0.1, -0.05) is 18.2 Å². The van der Waals surface area contributed by atoms with Gasteiger partial charge in [-0.2, -0.15) is 0 Å². The normalized spacial score (nSPS) is 30.4. The second kappa shape index (κ2) is 7.07. The summed E-state index contributed by atoms with van der Waals surface area (Å²) in [6, 6.07) is 8.95. The van der Waals surface area contributed by atoms with Crippen molar-refractivity contribution in [3.63, 3.8) is 0 Å². The van der Waals surface area contributed by atoms with E-state index in [2.05, 4.69) is 5.32 Å². The van der Waals surface area contributed by atoms with E-state index in [0.29, 0.717) is 24.2 Å². The Bertz CT molecular complexity index is 679. The second-order valence-electron chi connectivity index (χ2n) is 6.47. The first-order chi connectivity index (χ1) is 11.9. The minimum absolute atomic E-state index is 0.169. The van der Waals surface area contributed by atoms with Gasteiger partial charge in [0.25, 0.3) is 5.91 Å². The van der Waals surface area contributed by atoms with Crippen LogP contribution in [0, 0.1) is 0 Å². The van der Waals surface area contributed by atoms with E-state index in [1.165, 1.54) is 13.8 Å². The summed E-state index contributed by atoms with van der Waals surface area (Å²) in [6.45, 7) is 2.73. The van der Waals surface area contributed by atoms with Crippen LogP contribution in [0.4, 0.5) is 0 Å². The molecule has 2 aliphatic rings. The number of carbonyl (C=O) groups is 3. The predicted octanol–water partition coefficient (Wildman–Crippen LogP) is 1.93. The Morgan fingerprint density at radius 3 is 2.44 bits per heavy atom. The number of thioether (sulfide) groups is 1. The lowest BCUT2D eigenvalue weighted by atomic mass is 9.78. The molecule has 1 saturated carbocycles. The fourth-order valence-electron chi connectivity index (χ4n) is 3.57. The van der Waals surface area contributed by atoms with Crippen LogP contribution in [0.3, 0.4) is 0 Å². The van der Waals surface area contributed by atoms with Gasteiger partial charge in [0.1, 0.15) is 12.2 Å². The summed E-state index contributed by atoms with van der Waals surface area (Å²) < 4.78 is 11.0. The van der Waals surface area contributed by atoms with E-state index >= 15 is 0 Å². The maximum atomic E-state index is 12.6. The Morgan fingerprint density at radius 1 is 1.12 bits per heavy atom. The highest BCUT2D eigenvalue weighted by molar-refractivity contribution is 8.00. The Kier molecular flexibility index (Phi) is 5.03. The third-order valence-corrected chi connectivity index (χ3v) is 6.24. The molecule has 4 atom stereocenters. The lowest BCUT2D eigenvalue weighted by molar-refractivity contribution is -0.159. The average Bonchev–Trinajstić information content (AvgIpc) is 2.79. The first-order valence-electron chi connectivity index (χ1n) is 8.25. The van der Waals surface area contributed by atoms with Gasteiger partial charge in [-0.15, -0.1) is 11.8 Å². The van der Waals surface area contributed by atoms with Crippen LogP contribution in [0.5, 0.6) is 0 Å². The highest BCUT2D eigenvalue weighted by Gasteiger charge is 2.58. The summed E-state index contributed by atoms with van der Waals surface area (Å²) in [5.74, 6) is -0.324. The number of nitrogens with one attached hydrogen (secondary N) is 1. The third-order valence-electron chi connectivity index (χ3n) is 4.63. The highest BCUT2D eigenvalue weighted by atomic mass is 32.2. The van der Waals surface area contributed by atoms with Crippen LogP contribution in [0.25, 0.3) is 0 Å². The Hall–Kier alpha value is -2.02. The molecule has 1 aliphatic carbocycles. The van der Waals surface area contributed by atoms with Crippen molar-refractivity contribution in [2.24, 2.45) is 0 Å². The molecular weight excluding hydrogens is 342 g/mol. The van der Waals surface area contributed by atoms with Gasteiger partial charge in [-0.25, -0.2) is 0 Å². The van der Waals surface area contributed by atoms with Crippen LogP contribution < -0.4 is 5.32 Å². The van der Waals surface area contributed by atoms with Gasteiger partial charge in [0.15, 0.2) is 0 Å². The summed E-state index contributed by atoms with van der Waals surface area (Å²) in [7, 11) is 0. The van der Waals surface area contributed by atoms with Gasteiger partial charge >= 0.3 is 11.9 Å². The van der Waals surface area contributed by atoms with Gasteiger partial charge in [0.2, 0.25) is 0 Å². The summed E-state index contributed by atoms with van der Waals surface area (Å²) >= 11 is 1.58. The molecule has 1 heterocycles. The zero-order valence-corrected chi connectivity index (χ0v) is 15.0. The molecule has 0 spiro atoms. The topological polar surface area (TPSA) is 81.7 Å². The van der Waals surface area contributed by atoms with Gasteiger partial charge in [-0.3, -0.25) is 14.4 Å². The average molecular weight is 363 g/mol. The fourth-order valence-corrected chi connectivity index (χ4v) is 5.33. The largest absolute Gasteiger partial charge is 0.461 e. The Labute approximate surface area is 150 Å². The summed E-state index contributed by atoms with van der Waals surface area (Å²) in [6.07, 6.45) is 0.395. The maximum Gasteiger partial charge on any atom is 0.303 e. The van der Waals surface area contributed by atoms with E-state index < -0.39 is 17.6 Å². The number of ether oxygens (including phenoxy) is 2. The monoisotopic (exact) mass is 363 g/mol. The molecule has 3 rings (SSSR count). The molecule has 6 nitrogen and oxygen atoms in total. The van der Waals surface area contributed by atoms with Gasteiger partial charge < -0.3 is 14.8 Å². The van der Waals surface area contributed by atoms with Crippen LogP contribution in [0.1, 0.15) is 37.0 Å². The zero-order chi connectivity index (χ0) is 18.0. The molecule has 1 saturated heterocycles. The molecule has 4 unspecified atom stereocenters. The number of fused-ring (bicyclic) bond motifs is 2. The fraction of sp³-hybridized carbons (Fsp3) is 0.500. The third kappa shape index (κ3) is 3.66. The van der Waals surface area contributed by atoms with Crippen molar-refractivity contribution in [2.45, 2.75) is 49.7 Å². The van der Waals surface area contributed by atoms with E-state index in [1.54, 1.807) is 36.0 Å². The van der Waals surface area contributed by atoms with Crippen LogP contribution in [0.15, 0.2) is 30.3 Å². The number of carbonyl (C=O) groups excluding carboxylic acids is 3. The quantitative estimate of drug-likeness (QED) is 0.823. The lowest BCUT2D eigenvalue weighted by Crippen LogP contribution is -2.63. The van der Waals surface area contributed by atoms with Crippen molar-refractivity contribution < 1.29 is 23.9 Å². The maximum absolute atomic E-state index is 12.6. The lowest BCUT2D eigenvalue weighted by Gasteiger charge is -2.42. The van der Waals surface area contributed by atoms with E-state index in [9.17, 15) is 14.4 Å². The van der Waals surface area contributed by atoms with Gasteiger partial charge in [0.05, 0.1) is 10.8 Å². The number of esters is 2. The van der Waals surface area contributed by atoms with Crippen LogP contribution in [-0.2, 0) is 19.1 Å². The molecule has 0 aromatic heterocycles. The van der Waals surface area contributed by atoms with Gasteiger partial charge in [-0.05, 0) is 25.0 Å². The van der Waals surface area contributed by atoms with E-state index in [1.807, 2.05) is 6.07 Å². The molecule has 1 aromatic carbocycles. The summed E-state index contributed by atoms with van der Waals surface area (Å²) in [4.78, 5) is 35.6. The minimum atomic E-state index is -0.634. The smallest absolute Gasteiger partial charge is 0.303 e. The number of benzene rings is 1. The molecule has 0 radical (unpaired) electrons. The van der Waals surface area contributed by atoms with Gasteiger partial charge in [0, 0.05) is 25.2 Å². The molecule has 25 heavy (non-hydrogen) atoms. The Balaban J connectivity index is 1.82. The molecule has 7 heteroatoms. The van der Waals surface area contributed by atoms with E-state index in [4.69, 9.17) is 9.47 Å². The molecule has 2 fully saturated rings. The first-order valence-corrected chi connectivity index (χ1v) is 9.30. The second-order valence-corrected chi connectivity index (χ2v) is 7.63. The van der Waals surface area contributed by atoms with Crippen molar-refractivity contribution in [1.82, 2.24) is 5.32 Å². The molecule has 134 valence electrons. The van der Waals surface area contributed by atoms with Crippen molar-refractivity contribution in [2.75, 3.05) is 5.75 Å². The standard InChI is InChI=1S/C18H21NO5S/c1-11(20)23-14-8-9-18(10-25-15(14)16(18)24-12(2)21)19-17(22)13-6-4-3-5-7-13/h3-7,14-16H,8-10H2,1-2H3,(H,19,22).